The summed E-state index contributed by atoms with van der Waals surface area (Å²) in [6.45, 7) is 4.01. The monoisotopic (exact) mass is 345 g/mol. The Morgan fingerprint density at radius 1 is 1.16 bits per heavy atom. The van der Waals surface area contributed by atoms with Gasteiger partial charge < -0.3 is 25.1 Å². The van der Waals surface area contributed by atoms with Crippen LogP contribution < -0.4 is 15.5 Å². The van der Waals surface area contributed by atoms with Gasteiger partial charge in [-0.05, 0) is 50.1 Å². The lowest BCUT2D eigenvalue weighted by Crippen LogP contribution is -2.43. The molecule has 136 valence electrons. The molecular formula is C19H27N3O3. The van der Waals surface area contributed by atoms with Gasteiger partial charge in [-0.15, -0.1) is 0 Å². The van der Waals surface area contributed by atoms with Crippen molar-refractivity contribution in [2.45, 2.75) is 25.9 Å². The van der Waals surface area contributed by atoms with Crippen LogP contribution in [0.4, 0.5) is 10.5 Å². The van der Waals surface area contributed by atoms with E-state index in [1.165, 1.54) is 0 Å². The zero-order valence-electron chi connectivity index (χ0n) is 15.3. The molecule has 6 nitrogen and oxygen atoms in total. The van der Waals surface area contributed by atoms with Crippen molar-refractivity contribution in [1.29, 1.82) is 0 Å². The third-order valence-corrected chi connectivity index (χ3v) is 4.02. The largest absolute Gasteiger partial charge is 0.463 e. The first-order valence-corrected chi connectivity index (χ1v) is 8.35. The summed E-state index contributed by atoms with van der Waals surface area (Å²) in [5, 5.41) is 15.9. The molecule has 6 heteroatoms. The number of nitrogens with one attached hydrogen (secondary N) is 2. The predicted octanol–water partition coefficient (Wildman–Crippen LogP) is 2.40. The normalized spacial score (nSPS) is 13.2. The highest BCUT2D eigenvalue weighted by Gasteiger charge is 2.27. The summed E-state index contributed by atoms with van der Waals surface area (Å²) in [5.74, 6) is 1.16. The summed E-state index contributed by atoms with van der Waals surface area (Å²) in [4.78, 5) is 13.9. The molecule has 1 aromatic carbocycles. The van der Waals surface area contributed by atoms with Crippen molar-refractivity contribution in [2.24, 2.45) is 0 Å². The Balaban J connectivity index is 1.73. The minimum absolute atomic E-state index is 0.0727. The summed E-state index contributed by atoms with van der Waals surface area (Å²) < 4.78 is 5.42. The number of nitrogens with zero attached hydrogens (tertiary/aromatic N) is 1. The van der Waals surface area contributed by atoms with Crippen molar-refractivity contribution >= 4 is 11.7 Å². The van der Waals surface area contributed by atoms with E-state index in [2.05, 4.69) is 34.9 Å². The van der Waals surface area contributed by atoms with Gasteiger partial charge in [-0.3, -0.25) is 0 Å². The Bertz CT molecular complexity index is 690. The van der Waals surface area contributed by atoms with Gasteiger partial charge in [0, 0.05) is 26.3 Å². The van der Waals surface area contributed by atoms with Crippen molar-refractivity contribution in [3.05, 3.63) is 53.5 Å². The summed E-state index contributed by atoms with van der Waals surface area (Å²) in [6.07, 6.45) is 0.745. The number of carbonyl (C=O) groups excluding carboxylic acids is 1. The summed E-state index contributed by atoms with van der Waals surface area (Å²) in [6, 6.07) is 11.4. The van der Waals surface area contributed by atoms with E-state index in [-0.39, 0.29) is 12.6 Å². The molecule has 2 rings (SSSR count). The third-order valence-electron chi connectivity index (χ3n) is 4.02. The number of aliphatic hydroxyl groups is 1. The van der Waals surface area contributed by atoms with Crippen LogP contribution in [0.1, 0.15) is 24.0 Å². The number of urea groups is 1. The van der Waals surface area contributed by atoms with E-state index in [1.54, 1.807) is 19.1 Å². The molecule has 0 spiro atoms. The zero-order chi connectivity index (χ0) is 18.4. The number of carbonyl (C=O) groups is 1. The maximum Gasteiger partial charge on any atom is 0.314 e. The zero-order valence-corrected chi connectivity index (χ0v) is 15.3. The van der Waals surface area contributed by atoms with E-state index >= 15 is 0 Å². The topological polar surface area (TPSA) is 77.7 Å². The van der Waals surface area contributed by atoms with Gasteiger partial charge in [-0.25, -0.2) is 4.79 Å². The second-order valence-electron chi connectivity index (χ2n) is 6.60. The standard InChI is InChI=1S/C19H27N3O3/c1-14-5-10-17(25-14)19(2,24)13-21-18(23)20-12-11-15-6-8-16(9-7-15)22(3)4/h5-10,24H,11-13H2,1-4H3,(H2,20,21,23). The molecule has 1 aromatic heterocycles. The summed E-state index contributed by atoms with van der Waals surface area (Å²) in [5.41, 5.74) is 1.06. The van der Waals surface area contributed by atoms with Crippen LogP contribution in [0.25, 0.3) is 0 Å². The van der Waals surface area contributed by atoms with E-state index in [1.807, 2.05) is 25.9 Å². The Morgan fingerprint density at radius 3 is 2.40 bits per heavy atom. The molecule has 0 radical (unpaired) electrons. The van der Waals surface area contributed by atoms with E-state index < -0.39 is 5.60 Å². The molecule has 1 heterocycles. The van der Waals surface area contributed by atoms with Crippen LogP contribution in [0, 0.1) is 6.92 Å². The number of anilines is 1. The van der Waals surface area contributed by atoms with Gasteiger partial charge in [0.25, 0.3) is 0 Å². The third kappa shape index (κ3) is 5.53. The quantitative estimate of drug-likeness (QED) is 0.720. The fourth-order valence-corrected chi connectivity index (χ4v) is 2.41. The molecule has 0 aliphatic heterocycles. The van der Waals surface area contributed by atoms with Crippen LogP contribution in [0.5, 0.6) is 0 Å². The van der Waals surface area contributed by atoms with Gasteiger partial charge in [-0.1, -0.05) is 12.1 Å². The van der Waals surface area contributed by atoms with E-state index in [0.717, 1.165) is 23.4 Å². The first-order chi connectivity index (χ1) is 11.8. The number of benzene rings is 1. The van der Waals surface area contributed by atoms with Crippen LogP contribution in [0.15, 0.2) is 40.8 Å². The summed E-state index contributed by atoms with van der Waals surface area (Å²) >= 11 is 0. The second-order valence-corrected chi connectivity index (χ2v) is 6.60. The molecule has 0 bridgehead atoms. The highest BCUT2D eigenvalue weighted by atomic mass is 16.4. The number of hydrogen-bond acceptors (Lipinski definition) is 4. The first-order valence-electron chi connectivity index (χ1n) is 8.35. The number of furan rings is 1. The average molecular weight is 345 g/mol. The molecule has 1 unspecified atom stereocenters. The second kappa shape index (κ2) is 8.07. The molecule has 0 aliphatic carbocycles. The van der Waals surface area contributed by atoms with Crippen LogP contribution in [-0.2, 0) is 12.0 Å². The lowest BCUT2D eigenvalue weighted by molar-refractivity contribution is 0.0360. The van der Waals surface area contributed by atoms with Gasteiger partial charge in [-0.2, -0.15) is 0 Å². The molecule has 2 aromatic rings. The summed E-state index contributed by atoms with van der Waals surface area (Å²) in [7, 11) is 4.00. The Hall–Kier alpha value is -2.47. The Morgan fingerprint density at radius 2 is 1.84 bits per heavy atom. The predicted molar refractivity (Wildman–Crippen MR) is 98.9 cm³/mol. The van der Waals surface area contributed by atoms with Crippen LogP contribution in [-0.4, -0.2) is 38.3 Å². The highest BCUT2D eigenvalue weighted by Crippen LogP contribution is 2.21. The molecule has 3 N–H and O–H groups in total. The van der Waals surface area contributed by atoms with Crippen LogP contribution in [0.2, 0.25) is 0 Å². The molecular weight excluding hydrogens is 318 g/mol. The minimum Gasteiger partial charge on any atom is -0.463 e. The fourth-order valence-electron chi connectivity index (χ4n) is 2.41. The van der Waals surface area contributed by atoms with Gasteiger partial charge in [0.1, 0.15) is 17.1 Å². The van der Waals surface area contributed by atoms with Gasteiger partial charge in [0.2, 0.25) is 0 Å². The van der Waals surface area contributed by atoms with Crippen LogP contribution in [0.3, 0.4) is 0 Å². The Labute approximate surface area is 148 Å². The first kappa shape index (κ1) is 18.9. The molecule has 0 fully saturated rings. The van der Waals surface area contributed by atoms with E-state index in [0.29, 0.717) is 12.3 Å². The van der Waals surface area contributed by atoms with Crippen molar-refractivity contribution in [1.82, 2.24) is 10.6 Å². The molecule has 25 heavy (non-hydrogen) atoms. The lowest BCUT2D eigenvalue weighted by atomic mass is 10.0. The van der Waals surface area contributed by atoms with Crippen molar-refractivity contribution in [3.63, 3.8) is 0 Å². The number of rotatable bonds is 7. The van der Waals surface area contributed by atoms with E-state index in [4.69, 9.17) is 4.42 Å². The van der Waals surface area contributed by atoms with Crippen molar-refractivity contribution < 1.29 is 14.3 Å². The van der Waals surface area contributed by atoms with Gasteiger partial charge in [0.15, 0.2) is 0 Å². The SMILES string of the molecule is Cc1ccc(C(C)(O)CNC(=O)NCCc2ccc(N(C)C)cc2)o1. The average Bonchev–Trinajstić information content (AvgIpc) is 3.01. The molecule has 1 atom stereocenters. The molecule has 0 aliphatic rings. The van der Waals surface area contributed by atoms with Gasteiger partial charge in [0.05, 0.1) is 6.54 Å². The van der Waals surface area contributed by atoms with Gasteiger partial charge >= 0.3 is 6.03 Å². The fraction of sp³-hybridized carbons (Fsp3) is 0.421. The maximum absolute atomic E-state index is 11.9. The Kier molecular flexibility index (Phi) is 6.09. The molecule has 0 saturated carbocycles. The van der Waals surface area contributed by atoms with Crippen molar-refractivity contribution in [2.75, 3.05) is 32.1 Å². The van der Waals surface area contributed by atoms with Crippen LogP contribution >= 0.6 is 0 Å². The highest BCUT2D eigenvalue weighted by molar-refractivity contribution is 5.73. The lowest BCUT2D eigenvalue weighted by Gasteiger charge is -2.21. The number of amides is 2. The molecule has 2 amide bonds. The minimum atomic E-state index is -1.24. The maximum atomic E-state index is 11.9. The van der Waals surface area contributed by atoms with E-state index in [9.17, 15) is 9.90 Å². The number of hydrogen-bond donors (Lipinski definition) is 3. The molecule has 0 saturated heterocycles. The van der Waals surface area contributed by atoms with Crippen molar-refractivity contribution in [3.8, 4) is 0 Å². The smallest absolute Gasteiger partial charge is 0.314 e. The number of aryl methyl sites for hydroxylation is 1.